The van der Waals surface area contributed by atoms with Crippen molar-refractivity contribution in [3.05, 3.63) is 23.8 Å². The topological polar surface area (TPSA) is 26.0 Å². The predicted octanol–water partition coefficient (Wildman–Crippen LogP) is 3.94. The molecule has 0 aromatic heterocycles. The second kappa shape index (κ2) is 4.67. The van der Waals surface area contributed by atoms with Gasteiger partial charge in [-0.15, -0.1) is 11.8 Å². The highest BCUT2D eigenvalue weighted by molar-refractivity contribution is 7.99. The van der Waals surface area contributed by atoms with Crippen molar-refractivity contribution >= 4 is 17.4 Å². The van der Waals surface area contributed by atoms with E-state index in [0.29, 0.717) is 23.9 Å². The lowest BCUT2D eigenvalue weighted by Crippen LogP contribution is -2.11. The van der Waals surface area contributed by atoms with Crippen LogP contribution in [0.15, 0.2) is 23.1 Å². The Bertz CT molecular complexity index is 397. The van der Waals surface area contributed by atoms with E-state index in [1.807, 2.05) is 0 Å². The van der Waals surface area contributed by atoms with Crippen molar-refractivity contribution in [2.24, 2.45) is 0 Å². The number of nitrogen functional groups attached to an aromatic ring is 1. The Morgan fingerprint density at radius 3 is 2.06 bits per heavy atom. The van der Waals surface area contributed by atoms with Crippen molar-refractivity contribution in [3.8, 4) is 0 Å². The summed E-state index contributed by atoms with van der Waals surface area (Å²) in [6.07, 6.45) is -8.94. The molecule has 96 valence electrons. The summed E-state index contributed by atoms with van der Waals surface area (Å²) in [5, 5.41) is 0. The molecule has 0 heterocycles. The molecule has 0 amide bonds. The molecule has 0 radical (unpaired) electrons. The van der Waals surface area contributed by atoms with Crippen LogP contribution in [0.2, 0.25) is 0 Å². The van der Waals surface area contributed by atoms with E-state index in [2.05, 4.69) is 0 Å². The molecule has 0 saturated heterocycles. The van der Waals surface area contributed by atoms with Crippen LogP contribution in [0.1, 0.15) is 5.56 Å². The third-order valence-electron chi connectivity index (χ3n) is 1.73. The average Bonchev–Trinajstić information content (AvgIpc) is 2.12. The largest absolute Gasteiger partial charge is 0.416 e. The first-order chi connectivity index (χ1) is 7.59. The van der Waals surface area contributed by atoms with Crippen LogP contribution in [-0.2, 0) is 6.18 Å². The maximum absolute atomic E-state index is 12.2. The van der Waals surface area contributed by atoms with E-state index in [0.717, 1.165) is 6.07 Å². The minimum absolute atomic E-state index is 0.0182. The van der Waals surface area contributed by atoms with Crippen LogP contribution in [0.5, 0.6) is 0 Å². The van der Waals surface area contributed by atoms with E-state index < -0.39 is 23.7 Å². The van der Waals surface area contributed by atoms with Gasteiger partial charge in [-0.25, -0.2) is 0 Å². The third-order valence-corrected chi connectivity index (χ3v) is 2.88. The normalized spacial score (nSPS) is 12.8. The molecule has 1 nitrogen and oxygen atoms in total. The van der Waals surface area contributed by atoms with Gasteiger partial charge in [0.05, 0.1) is 11.3 Å². The molecular weight excluding hydrogens is 268 g/mol. The first-order valence-corrected chi connectivity index (χ1v) is 5.24. The van der Waals surface area contributed by atoms with Crippen molar-refractivity contribution in [2.75, 3.05) is 11.5 Å². The number of hydrogen-bond acceptors (Lipinski definition) is 2. The van der Waals surface area contributed by atoms with Crippen molar-refractivity contribution < 1.29 is 26.3 Å². The number of thioether (sulfide) groups is 1. The number of hydrogen-bond donors (Lipinski definition) is 1. The summed E-state index contributed by atoms with van der Waals surface area (Å²) < 4.78 is 72.4. The van der Waals surface area contributed by atoms with Crippen LogP contribution in [0.4, 0.5) is 32.0 Å². The Morgan fingerprint density at radius 1 is 1.06 bits per heavy atom. The smallest absolute Gasteiger partial charge is 0.398 e. The molecule has 0 saturated carbocycles. The van der Waals surface area contributed by atoms with E-state index in [4.69, 9.17) is 5.73 Å². The maximum atomic E-state index is 12.2. The van der Waals surface area contributed by atoms with Gasteiger partial charge in [-0.2, -0.15) is 26.3 Å². The summed E-state index contributed by atoms with van der Waals surface area (Å²) in [6, 6.07) is 2.27. The molecule has 8 heteroatoms. The summed E-state index contributed by atoms with van der Waals surface area (Å²) in [5.41, 5.74) is 3.97. The van der Waals surface area contributed by atoms with Gasteiger partial charge in [-0.1, -0.05) is 0 Å². The van der Waals surface area contributed by atoms with Crippen LogP contribution in [0, 0.1) is 0 Å². The molecule has 0 aliphatic heterocycles. The van der Waals surface area contributed by atoms with E-state index in [-0.39, 0.29) is 10.6 Å². The molecule has 17 heavy (non-hydrogen) atoms. The molecule has 2 N–H and O–H groups in total. The van der Waals surface area contributed by atoms with Gasteiger partial charge in [0.2, 0.25) is 0 Å². The first kappa shape index (κ1) is 14.0. The molecule has 0 fully saturated rings. The van der Waals surface area contributed by atoms with E-state index in [1.54, 1.807) is 0 Å². The number of rotatable bonds is 2. The summed E-state index contributed by atoms with van der Waals surface area (Å²) >= 11 is 0.356. The second-order valence-electron chi connectivity index (χ2n) is 3.15. The Balaban J connectivity index is 2.84. The zero-order chi connectivity index (χ0) is 13.3. The van der Waals surface area contributed by atoms with Crippen molar-refractivity contribution in [2.45, 2.75) is 17.2 Å². The standard InChI is InChI=1S/C9H7F6NS/c10-8(11,12)4-17-7-2-1-5(3-6(7)16)9(13,14)15/h1-3H,4,16H2. The van der Waals surface area contributed by atoms with Gasteiger partial charge in [-0.05, 0) is 18.2 Å². The Labute approximate surface area is 97.0 Å². The Hall–Kier alpha value is -1.05. The monoisotopic (exact) mass is 275 g/mol. The van der Waals surface area contributed by atoms with Gasteiger partial charge in [0, 0.05) is 10.6 Å². The van der Waals surface area contributed by atoms with Gasteiger partial charge in [0.1, 0.15) is 0 Å². The molecular formula is C9H7F6NS. The highest BCUT2D eigenvalue weighted by Gasteiger charge is 2.31. The number of anilines is 1. The number of benzene rings is 1. The van der Waals surface area contributed by atoms with Gasteiger partial charge in [0.25, 0.3) is 0 Å². The molecule has 0 bridgehead atoms. The molecule has 0 atom stereocenters. The predicted molar refractivity (Wildman–Crippen MR) is 52.6 cm³/mol. The number of alkyl halides is 6. The lowest BCUT2D eigenvalue weighted by atomic mass is 10.2. The Morgan fingerprint density at radius 2 is 1.65 bits per heavy atom. The van der Waals surface area contributed by atoms with Crippen LogP contribution < -0.4 is 5.73 Å². The fraction of sp³-hybridized carbons (Fsp3) is 0.333. The highest BCUT2D eigenvalue weighted by atomic mass is 32.2. The van der Waals surface area contributed by atoms with E-state index in [1.165, 1.54) is 0 Å². The molecule has 1 rings (SSSR count). The molecule has 0 aliphatic carbocycles. The van der Waals surface area contributed by atoms with Crippen molar-refractivity contribution in [1.29, 1.82) is 0 Å². The van der Waals surface area contributed by atoms with Gasteiger partial charge in [0.15, 0.2) is 0 Å². The van der Waals surface area contributed by atoms with E-state index in [9.17, 15) is 26.3 Å². The number of halogens is 6. The van der Waals surface area contributed by atoms with Crippen LogP contribution in [0.3, 0.4) is 0 Å². The summed E-state index contributed by atoms with van der Waals surface area (Å²) in [7, 11) is 0. The molecule has 1 aromatic rings. The lowest BCUT2D eigenvalue weighted by molar-refractivity contribution is -0.137. The summed E-state index contributed by atoms with van der Waals surface area (Å²) in [6.45, 7) is 0. The van der Waals surface area contributed by atoms with Gasteiger partial charge < -0.3 is 5.73 Å². The minimum Gasteiger partial charge on any atom is -0.398 e. The maximum Gasteiger partial charge on any atom is 0.416 e. The molecule has 0 spiro atoms. The number of nitrogens with two attached hydrogens (primary N) is 1. The minimum atomic E-state index is -4.55. The quantitative estimate of drug-likeness (QED) is 0.502. The fourth-order valence-electron chi connectivity index (χ4n) is 1.02. The van der Waals surface area contributed by atoms with Gasteiger partial charge in [-0.3, -0.25) is 0 Å². The zero-order valence-corrected chi connectivity index (χ0v) is 9.01. The first-order valence-electron chi connectivity index (χ1n) is 4.26. The van der Waals surface area contributed by atoms with Crippen molar-refractivity contribution in [1.82, 2.24) is 0 Å². The molecule has 1 aromatic carbocycles. The molecule has 0 aliphatic rings. The van der Waals surface area contributed by atoms with Gasteiger partial charge >= 0.3 is 12.4 Å². The van der Waals surface area contributed by atoms with Crippen LogP contribution in [0.25, 0.3) is 0 Å². The Kier molecular flexibility index (Phi) is 3.85. The van der Waals surface area contributed by atoms with Crippen molar-refractivity contribution in [3.63, 3.8) is 0 Å². The summed E-state index contributed by atoms with van der Waals surface area (Å²) in [4.78, 5) is -0.0182. The summed E-state index contributed by atoms with van der Waals surface area (Å²) in [5.74, 6) is -1.19. The third kappa shape index (κ3) is 4.37. The fourth-order valence-corrected chi connectivity index (χ4v) is 1.72. The van der Waals surface area contributed by atoms with E-state index >= 15 is 0 Å². The van der Waals surface area contributed by atoms with Crippen LogP contribution >= 0.6 is 11.8 Å². The average molecular weight is 275 g/mol. The molecule has 0 unspecified atom stereocenters. The lowest BCUT2D eigenvalue weighted by Gasteiger charge is -2.11. The second-order valence-corrected chi connectivity index (χ2v) is 4.17. The van der Waals surface area contributed by atoms with Crippen LogP contribution in [-0.4, -0.2) is 11.9 Å². The SMILES string of the molecule is Nc1cc(C(F)(F)F)ccc1SCC(F)(F)F. The zero-order valence-electron chi connectivity index (χ0n) is 8.19. The highest BCUT2D eigenvalue weighted by Crippen LogP contribution is 2.35.